The monoisotopic (exact) mass is 364 g/mol. The SMILES string of the molecule is CCc1c(Cc2ncc[nH]2)nn(CC)c1Oc1cc(Cl)cc(Cl)c1. The summed E-state index contributed by atoms with van der Waals surface area (Å²) in [6, 6.07) is 5.16. The fourth-order valence-electron chi connectivity index (χ4n) is 2.61. The number of nitrogens with one attached hydrogen (secondary N) is 1. The molecular formula is C17H18Cl2N4O. The highest BCUT2D eigenvalue weighted by molar-refractivity contribution is 6.34. The van der Waals surface area contributed by atoms with Gasteiger partial charge in [0.1, 0.15) is 11.6 Å². The van der Waals surface area contributed by atoms with E-state index in [0.29, 0.717) is 28.8 Å². The molecule has 0 radical (unpaired) electrons. The molecule has 0 atom stereocenters. The molecule has 24 heavy (non-hydrogen) atoms. The third kappa shape index (κ3) is 3.57. The van der Waals surface area contributed by atoms with Gasteiger partial charge in [-0.25, -0.2) is 9.67 Å². The minimum atomic E-state index is 0.536. The highest BCUT2D eigenvalue weighted by atomic mass is 35.5. The number of nitrogens with zero attached hydrogens (tertiary/aromatic N) is 3. The summed E-state index contributed by atoms with van der Waals surface area (Å²) >= 11 is 12.1. The summed E-state index contributed by atoms with van der Waals surface area (Å²) in [6.07, 6.45) is 4.99. The largest absolute Gasteiger partial charge is 0.439 e. The van der Waals surface area contributed by atoms with Gasteiger partial charge in [0.2, 0.25) is 5.88 Å². The lowest BCUT2D eigenvalue weighted by atomic mass is 10.1. The second-order valence-corrected chi connectivity index (χ2v) is 6.19. The molecule has 5 nitrogen and oxygen atoms in total. The fraction of sp³-hybridized carbons (Fsp3) is 0.294. The van der Waals surface area contributed by atoms with Crippen molar-refractivity contribution in [3.63, 3.8) is 0 Å². The van der Waals surface area contributed by atoms with Crippen LogP contribution in [0.1, 0.15) is 30.9 Å². The van der Waals surface area contributed by atoms with Crippen molar-refractivity contribution in [2.24, 2.45) is 0 Å². The van der Waals surface area contributed by atoms with E-state index in [4.69, 9.17) is 27.9 Å². The van der Waals surface area contributed by atoms with E-state index in [9.17, 15) is 0 Å². The molecule has 0 spiro atoms. The minimum Gasteiger partial charge on any atom is -0.439 e. The van der Waals surface area contributed by atoms with Crippen LogP contribution < -0.4 is 4.74 Å². The molecule has 0 amide bonds. The van der Waals surface area contributed by atoms with E-state index < -0.39 is 0 Å². The Kier molecular flexibility index (Phi) is 5.11. The predicted molar refractivity (Wildman–Crippen MR) is 95.2 cm³/mol. The van der Waals surface area contributed by atoms with Gasteiger partial charge < -0.3 is 9.72 Å². The molecule has 126 valence electrons. The van der Waals surface area contributed by atoms with Gasteiger partial charge in [-0.05, 0) is 31.5 Å². The van der Waals surface area contributed by atoms with Crippen LogP contribution in [-0.2, 0) is 19.4 Å². The highest BCUT2D eigenvalue weighted by Gasteiger charge is 2.19. The molecular weight excluding hydrogens is 347 g/mol. The average molecular weight is 365 g/mol. The van der Waals surface area contributed by atoms with Crippen molar-refractivity contribution in [3.8, 4) is 11.6 Å². The van der Waals surface area contributed by atoms with Crippen LogP contribution in [-0.4, -0.2) is 19.7 Å². The Morgan fingerprint density at radius 2 is 1.92 bits per heavy atom. The van der Waals surface area contributed by atoms with Crippen molar-refractivity contribution in [1.29, 1.82) is 0 Å². The zero-order valence-corrected chi connectivity index (χ0v) is 15.0. The number of hydrogen-bond acceptors (Lipinski definition) is 3. The van der Waals surface area contributed by atoms with E-state index in [1.807, 2.05) is 17.8 Å². The Balaban J connectivity index is 1.97. The molecule has 0 aliphatic heterocycles. The van der Waals surface area contributed by atoms with Crippen LogP contribution in [0.5, 0.6) is 11.6 Å². The molecule has 1 N–H and O–H groups in total. The van der Waals surface area contributed by atoms with Gasteiger partial charge in [-0.15, -0.1) is 0 Å². The number of benzene rings is 1. The van der Waals surface area contributed by atoms with E-state index >= 15 is 0 Å². The van der Waals surface area contributed by atoms with E-state index in [1.165, 1.54) is 0 Å². The Bertz CT molecular complexity index is 807. The summed E-state index contributed by atoms with van der Waals surface area (Å²) in [5, 5.41) is 5.75. The van der Waals surface area contributed by atoms with E-state index in [2.05, 4.69) is 22.0 Å². The quantitative estimate of drug-likeness (QED) is 0.677. The van der Waals surface area contributed by atoms with Crippen molar-refractivity contribution in [2.75, 3.05) is 0 Å². The third-order valence-electron chi connectivity index (χ3n) is 3.68. The number of imidazole rings is 1. The van der Waals surface area contributed by atoms with Gasteiger partial charge in [0.05, 0.1) is 12.1 Å². The van der Waals surface area contributed by atoms with Crippen LogP contribution in [0, 0.1) is 0 Å². The van der Waals surface area contributed by atoms with Gasteiger partial charge in [-0.1, -0.05) is 30.1 Å². The van der Waals surface area contributed by atoms with E-state index in [-0.39, 0.29) is 0 Å². The minimum absolute atomic E-state index is 0.536. The highest BCUT2D eigenvalue weighted by Crippen LogP contribution is 2.32. The van der Waals surface area contributed by atoms with Crippen molar-refractivity contribution in [2.45, 2.75) is 33.2 Å². The maximum Gasteiger partial charge on any atom is 0.221 e. The molecule has 0 saturated heterocycles. The van der Waals surface area contributed by atoms with Gasteiger partial charge in [-0.2, -0.15) is 5.10 Å². The van der Waals surface area contributed by atoms with Crippen molar-refractivity contribution >= 4 is 23.2 Å². The molecule has 3 rings (SSSR count). The Hall–Kier alpha value is -1.98. The fourth-order valence-corrected chi connectivity index (χ4v) is 3.11. The van der Waals surface area contributed by atoms with Crippen molar-refractivity contribution < 1.29 is 4.74 Å². The number of halogens is 2. The number of aromatic amines is 1. The first kappa shape index (κ1) is 16.9. The molecule has 0 saturated carbocycles. The summed E-state index contributed by atoms with van der Waals surface area (Å²) < 4.78 is 7.94. The van der Waals surface area contributed by atoms with Crippen molar-refractivity contribution in [1.82, 2.24) is 19.7 Å². The smallest absolute Gasteiger partial charge is 0.221 e. The first-order valence-electron chi connectivity index (χ1n) is 7.81. The third-order valence-corrected chi connectivity index (χ3v) is 4.11. The standard InChI is InChI=1S/C17H18Cl2N4O/c1-3-14-15(10-16-20-5-6-21-16)22-23(4-2)17(14)24-13-8-11(18)7-12(19)9-13/h5-9H,3-4,10H2,1-2H3,(H,20,21). The molecule has 0 fully saturated rings. The number of rotatable bonds is 6. The maximum absolute atomic E-state index is 6.08. The summed E-state index contributed by atoms with van der Waals surface area (Å²) in [5.41, 5.74) is 2.02. The summed E-state index contributed by atoms with van der Waals surface area (Å²) in [6.45, 7) is 4.82. The Morgan fingerprint density at radius 3 is 2.50 bits per heavy atom. The lowest BCUT2D eigenvalue weighted by Gasteiger charge is -2.10. The van der Waals surface area contributed by atoms with Crippen molar-refractivity contribution in [3.05, 3.63) is 57.7 Å². The average Bonchev–Trinajstić information content (AvgIpc) is 3.14. The molecule has 7 heteroatoms. The topological polar surface area (TPSA) is 55.7 Å². The van der Waals surface area contributed by atoms with Gasteiger partial charge >= 0.3 is 0 Å². The number of aryl methyl sites for hydroxylation is 1. The van der Waals surface area contributed by atoms with Crippen LogP contribution in [0.2, 0.25) is 10.0 Å². The van der Waals surface area contributed by atoms with Gasteiger partial charge in [0, 0.05) is 34.5 Å². The lowest BCUT2D eigenvalue weighted by Crippen LogP contribution is -2.01. The second kappa shape index (κ2) is 7.28. The molecule has 0 unspecified atom stereocenters. The van der Waals surface area contributed by atoms with E-state index in [0.717, 1.165) is 29.4 Å². The number of aromatic nitrogens is 4. The lowest BCUT2D eigenvalue weighted by molar-refractivity contribution is 0.412. The number of ether oxygens (including phenoxy) is 1. The molecule has 3 aromatic rings. The van der Waals surface area contributed by atoms with Gasteiger partial charge in [0.15, 0.2) is 0 Å². The van der Waals surface area contributed by atoms with Crippen LogP contribution in [0.15, 0.2) is 30.6 Å². The van der Waals surface area contributed by atoms with Crippen LogP contribution >= 0.6 is 23.2 Å². The summed E-state index contributed by atoms with van der Waals surface area (Å²) in [5.74, 6) is 2.20. The molecule has 0 bridgehead atoms. The second-order valence-electron chi connectivity index (χ2n) is 5.32. The molecule has 2 heterocycles. The number of H-pyrrole nitrogens is 1. The van der Waals surface area contributed by atoms with Gasteiger partial charge in [0.25, 0.3) is 0 Å². The Morgan fingerprint density at radius 1 is 1.17 bits per heavy atom. The van der Waals surface area contributed by atoms with Crippen LogP contribution in [0.4, 0.5) is 0 Å². The zero-order chi connectivity index (χ0) is 17.1. The normalized spacial score (nSPS) is 11.0. The zero-order valence-electron chi connectivity index (χ0n) is 13.5. The van der Waals surface area contributed by atoms with E-state index in [1.54, 1.807) is 24.4 Å². The Labute approximate surface area is 150 Å². The summed E-state index contributed by atoms with van der Waals surface area (Å²) in [4.78, 5) is 7.39. The molecule has 0 aliphatic carbocycles. The molecule has 0 aliphatic rings. The van der Waals surface area contributed by atoms with Crippen LogP contribution in [0.3, 0.4) is 0 Å². The maximum atomic E-state index is 6.08. The molecule has 1 aromatic carbocycles. The molecule has 2 aromatic heterocycles. The number of hydrogen-bond donors (Lipinski definition) is 1. The predicted octanol–water partition coefficient (Wildman–Crippen LogP) is 4.88. The first-order valence-corrected chi connectivity index (χ1v) is 8.57. The summed E-state index contributed by atoms with van der Waals surface area (Å²) in [7, 11) is 0. The van der Waals surface area contributed by atoms with Crippen LogP contribution in [0.25, 0.3) is 0 Å². The first-order chi connectivity index (χ1) is 11.6. The van der Waals surface area contributed by atoms with Gasteiger partial charge in [-0.3, -0.25) is 0 Å².